The summed E-state index contributed by atoms with van der Waals surface area (Å²) in [5.74, 6) is 3.64. The predicted octanol–water partition coefficient (Wildman–Crippen LogP) is 1.34. The van der Waals surface area contributed by atoms with Crippen LogP contribution in [0.3, 0.4) is 0 Å². The normalized spacial score (nSPS) is 10.8. The van der Waals surface area contributed by atoms with Crippen molar-refractivity contribution in [1.29, 1.82) is 0 Å². The molecule has 0 aromatic carbocycles. The first-order valence-electron chi connectivity index (χ1n) is 3.56. The Morgan fingerprint density at radius 1 is 1.73 bits per heavy atom. The third-order valence-corrected chi connectivity index (χ3v) is 2.27. The number of thioether (sulfide) groups is 1. The van der Waals surface area contributed by atoms with Crippen LogP contribution in [0.25, 0.3) is 0 Å². The standard InChI is InChI=1S/C8H14N2S/c1-4-5-6-7-11-8(9-2)10-3/h1H,5-7H2,2-3H3,(H,9,10). The van der Waals surface area contributed by atoms with E-state index in [0.29, 0.717) is 0 Å². The molecular weight excluding hydrogens is 156 g/mol. The lowest BCUT2D eigenvalue weighted by Gasteiger charge is -2.01. The molecule has 0 spiro atoms. The quantitative estimate of drug-likeness (QED) is 0.299. The number of rotatable bonds is 3. The van der Waals surface area contributed by atoms with Crippen molar-refractivity contribution in [2.24, 2.45) is 4.99 Å². The molecule has 1 N–H and O–H groups in total. The molecule has 0 rings (SSSR count). The Morgan fingerprint density at radius 2 is 2.45 bits per heavy atom. The van der Waals surface area contributed by atoms with Gasteiger partial charge in [0.2, 0.25) is 0 Å². The molecule has 0 bridgehead atoms. The van der Waals surface area contributed by atoms with Crippen molar-refractivity contribution in [2.75, 3.05) is 19.8 Å². The van der Waals surface area contributed by atoms with Crippen LogP contribution < -0.4 is 5.32 Å². The van der Waals surface area contributed by atoms with Crippen molar-refractivity contribution in [3.63, 3.8) is 0 Å². The molecule has 62 valence electrons. The third kappa shape index (κ3) is 5.81. The van der Waals surface area contributed by atoms with Gasteiger partial charge < -0.3 is 5.32 Å². The third-order valence-electron chi connectivity index (χ3n) is 1.12. The fraction of sp³-hybridized carbons (Fsp3) is 0.625. The molecule has 11 heavy (non-hydrogen) atoms. The van der Waals surface area contributed by atoms with Crippen LogP contribution in [0.2, 0.25) is 0 Å². The van der Waals surface area contributed by atoms with E-state index < -0.39 is 0 Å². The van der Waals surface area contributed by atoms with Crippen LogP contribution >= 0.6 is 11.8 Å². The van der Waals surface area contributed by atoms with E-state index in [4.69, 9.17) is 6.42 Å². The summed E-state index contributed by atoms with van der Waals surface area (Å²) in [4.78, 5) is 4.02. The summed E-state index contributed by atoms with van der Waals surface area (Å²) in [7, 11) is 3.65. The number of hydrogen-bond donors (Lipinski definition) is 1. The maximum atomic E-state index is 5.11. The first-order chi connectivity index (χ1) is 5.35. The molecule has 0 fully saturated rings. The van der Waals surface area contributed by atoms with Crippen LogP contribution in [0.1, 0.15) is 12.8 Å². The lowest BCUT2D eigenvalue weighted by atomic mass is 10.4. The zero-order valence-corrected chi connectivity index (χ0v) is 7.87. The zero-order chi connectivity index (χ0) is 8.53. The number of nitrogens with one attached hydrogen (secondary N) is 1. The molecule has 0 aliphatic rings. The van der Waals surface area contributed by atoms with Crippen LogP contribution in [-0.4, -0.2) is 25.0 Å². The Morgan fingerprint density at radius 3 is 2.91 bits per heavy atom. The SMILES string of the molecule is C#CCCCSC(=NC)NC. The van der Waals surface area contributed by atoms with Crippen molar-refractivity contribution in [3.05, 3.63) is 0 Å². The predicted molar refractivity (Wildman–Crippen MR) is 52.9 cm³/mol. The second-order valence-electron chi connectivity index (χ2n) is 1.93. The van der Waals surface area contributed by atoms with Crippen LogP contribution in [0, 0.1) is 12.3 Å². The van der Waals surface area contributed by atoms with E-state index in [1.54, 1.807) is 18.8 Å². The molecule has 0 unspecified atom stereocenters. The maximum absolute atomic E-state index is 5.11. The monoisotopic (exact) mass is 170 g/mol. The van der Waals surface area contributed by atoms with E-state index in [2.05, 4.69) is 16.2 Å². The number of amidine groups is 1. The molecule has 0 amide bonds. The first kappa shape index (κ1) is 10.4. The highest BCUT2D eigenvalue weighted by molar-refractivity contribution is 8.13. The Kier molecular flexibility index (Phi) is 7.06. The van der Waals surface area contributed by atoms with Crippen molar-refractivity contribution in [2.45, 2.75) is 12.8 Å². The second-order valence-corrected chi connectivity index (χ2v) is 3.02. The van der Waals surface area contributed by atoms with Gasteiger partial charge in [0.1, 0.15) is 0 Å². The van der Waals surface area contributed by atoms with Gasteiger partial charge in [0.25, 0.3) is 0 Å². The highest BCUT2D eigenvalue weighted by atomic mass is 32.2. The minimum absolute atomic E-state index is 0.855. The summed E-state index contributed by atoms with van der Waals surface area (Å²) in [6.45, 7) is 0. The van der Waals surface area contributed by atoms with Gasteiger partial charge >= 0.3 is 0 Å². The highest BCUT2D eigenvalue weighted by Gasteiger charge is 1.93. The Hall–Kier alpha value is -0.620. The molecule has 0 aromatic rings. The lowest BCUT2D eigenvalue weighted by molar-refractivity contribution is 1.000. The lowest BCUT2D eigenvalue weighted by Crippen LogP contribution is -2.14. The second kappa shape index (κ2) is 7.49. The number of aliphatic imine (C=N–C) groups is 1. The van der Waals surface area contributed by atoms with Gasteiger partial charge in [-0.2, -0.15) is 0 Å². The van der Waals surface area contributed by atoms with Gasteiger partial charge in [0, 0.05) is 26.3 Å². The number of terminal acetylenes is 1. The Bertz CT molecular complexity index is 158. The molecule has 0 aromatic heterocycles. The summed E-state index contributed by atoms with van der Waals surface area (Å²) in [6.07, 6.45) is 7.02. The molecule has 0 heterocycles. The molecule has 0 saturated carbocycles. The van der Waals surface area contributed by atoms with Crippen LogP contribution in [0.15, 0.2) is 4.99 Å². The van der Waals surface area contributed by atoms with Gasteiger partial charge in [-0.05, 0) is 6.42 Å². The molecule has 0 radical (unpaired) electrons. The van der Waals surface area contributed by atoms with Gasteiger partial charge in [0.15, 0.2) is 5.17 Å². The van der Waals surface area contributed by atoms with Gasteiger partial charge in [-0.3, -0.25) is 4.99 Å². The Balaban J connectivity index is 3.31. The number of unbranched alkanes of at least 4 members (excludes halogenated alkanes) is 1. The van der Waals surface area contributed by atoms with E-state index >= 15 is 0 Å². The molecule has 3 heteroatoms. The first-order valence-corrected chi connectivity index (χ1v) is 4.54. The summed E-state index contributed by atoms with van der Waals surface area (Å²) in [6, 6.07) is 0. The molecule has 2 nitrogen and oxygen atoms in total. The van der Waals surface area contributed by atoms with Crippen molar-refractivity contribution in [3.8, 4) is 12.3 Å². The average molecular weight is 170 g/mol. The van der Waals surface area contributed by atoms with Crippen molar-refractivity contribution < 1.29 is 0 Å². The van der Waals surface area contributed by atoms with E-state index in [0.717, 1.165) is 23.8 Å². The molecule has 0 atom stereocenters. The summed E-state index contributed by atoms with van der Waals surface area (Å²) in [5.41, 5.74) is 0. The zero-order valence-electron chi connectivity index (χ0n) is 7.05. The van der Waals surface area contributed by atoms with Gasteiger partial charge in [-0.15, -0.1) is 12.3 Å². The van der Waals surface area contributed by atoms with Crippen LogP contribution in [-0.2, 0) is 0 Å². The van der Waals surface area contributed by atoms with E-state index in [9.17, 15) is 0 Å². The molecule has 0 aliphatic carbocycles. The molecular formula is C8H14N2S. The molecule has 0 aliphatic heterocycles. The summed E-state index contributed by atoms with van der Waals surface area (Å²) < 4.78 is 0. The van der Waals surface area contributed by atoms with Gasteiger partial charge in [-0.25, -0.2) is 0 Å². The molecule has 0 saturated heterocycles. The fourth-order valence-corrected chi connectivity index (χ4v) is 1.35. The van der Waals surface area contributed by atoms with Crippen molar-refractivity contribution >= 4 is 16.9 Å². The van der Waals surface area contributed by atoms with Crippen molar-refractivity contribution in [1.82, 2.24) is 5.32 Å². The fourth-order valence-electron chi connectivity index (χ4n) is 0.592. The smallest absolute Gasteiger partial charge is 0.156 e. The topological polar surface area (TPSA) is 24.4 Å². The minimum Gasteiger partial charge on any atom is -0.368 e. The number of hydrogen-bond acceptors (Lipinski definition) is 2. The Labute approximate surface area is 72.9 Å². The van der Waals surface area contributed by atoms with Crippen LogP contribution in [0.5, 0.6) is 0 Å². The highest BCUT2D eigenvalue weighted by Crippen LogP contribution is 2.04. The summed E-state index contributed by atoms with van der Waals surface area (Å²) >= 11 is 1.70. The number of nitrogens with zero attached hydrogens (tertiary/aromatic N) is 1. The minimum atomic E-state index is 0.855. The maximum Gasteiger partial charge on any atom is 0.156 e. The van der Waals surface area contributed by atoms with Crippen LogP contribution in [0.4, 0.5) is 0 Å². The average Bonchev–Trinajstić information content (AvgIpc) is 2.05. The largest absolute Gasteiger partial charge is 0.368 e. The summed E-state index contributed by atoms with van der Waals surface area (Å²) in [5, 5.41) is 3.96. The van der Waals surface area contributed by atoms with E-state index in [1.807, 2.05) is 7.05 Å². The van der Waals surface area contributed by atoms with E-state index in [1.165, 1.54) is 0 Å². The van der Waals surface area contributed by atoms with E-state index in [-0.39, 0.29) is 0 Å². The van der Waals surface area contributed by atoms with Gasteiger partial charge in [-0.1, -0.05) is 11.8 Å². The van der Waals surface area contributed by atoms with Gasteiger partial charge in [0.05, 0.1) is 0 Å².